The van der Waals surface area contributed by atoms with Gasteiger partial charge in [0.2, 0.25) is 0 Å². The summed E-state index contributed by atoms with van der Waals surface area (Å²) in [5, 5.41) is 8.19. The highest BCUT2D eigenvalue weighted by Crippen LogP contribution is 2.22. The van der Waals surface area contributed by atoms with Crippen molar-refractivity contribution in [1.29, 1.82) is 0 Å². The van der Waals surface area contributed by atoms with Gasteiger partial charge < -0.3 is 48.2 Å². The summed E-state index contributed by atoms with van der Waals surface area (Å²) < 4.78 is 33.2. The van der Waals surface area contributed by atoms with Crippen LogP contribution in [0.2, 0.25) is 0 Å². The summed E-state index contributed by atoms with van der Waals surface area (Å²) in [5.74, 6) is -2.32. The molecule has 0 aliphatic carbocycles. The van der Waals surface area contributed by atoms with Gasteiger partial charge in [0.05, 0.1) is 30.3 Å². The molecule has 0 bridgehead atoms. The Bertz CT molecular complexity index is 1190. The highest BCUT2D eigenvalue weighted by Gasteiger charge is 2.27. The first-order valence-corrected chi connectivity index (χ1v) is 18.0. The van der Waals surface area contributed by atoms with Gasteiger partial charge in [-0.2, -0.15) is 0 Å². The molecule has 320 valence electrons. The molecule has 0 aromatic rings. The van der Waals surface area contributed by atoms with Crippen LogP contribution in [0.4, 0.5) is 0 Å². The van der Waals surface area contributed by atoms with Crippen molar-refractivity contribution < 1.29 is 71.8 Å². The summed E-state index contributed by atoms with van der Waals surface area (Å²) in [6.45, 7) is 24.5. The second-order valence-corrected chi connectivity index (χ2v) is 12.7. The number of halogens is 2. The van der Waals surface area contributed by atoms with E-state index >= 15 is 0 Å². The quantitative estimate of drug-likeness (QED) is 0.0355. The van der Waals surface area contributed by atoms with E-state index in [4.69, 9.17) is 42.5 Å². The lowest BCUT2D eigenvalue weighted by atomic mass is 9.91. The van der Waals surface area contributed by atoms with E-state index in [1.165, 1.54) is 0 Å². The van der Waals surface area contributed by atoms with E-state index in [0.29, 0.717) is 24.0 Å². The SMILES string of the molecule is C=C(C)C(=O)OCCO.C=C(C)C(=O)OCCOC(=O)CCCl.C=CC(=O)OCCOC(=O)C(C)(C)CC.CCC(C)(C)C(=O)OCCOC(=O)CCCl.[PH2-]. The smallest absolute Gasteiger partial charge is 0.333 e. The Morgan fingerprint density at radius 2 is 0.891 bits per heavy atom. The third-order valence-electron chi connectivity index (χ3n) is 6.38. The van der Waals surface area contributed by atoms with Crippen LogP contribution in [0.3, 0.4) is 0 Å². The minimum absolute atomic E-state index is 0. The van der Waals surface area contributed by atoms with E-state index < -0.39 is 34.7 Å². The number of aliphatic hydroxyl groups excluding tert-OH is 1. The fraction of sp³-hybridized carbons (Fsp3) is 0.649. The summed E-state index contributed by atoms with van der Waals surface area (Å²) in [6, 6.07) is 0. The summed E-state index contributed by atoms with van der Waals surface area (Å²) in [4.78, 5) is 76.5. The van der Waals surface area contributed by atoms with Gasteiger partial charge in [0.1, 0.15) is 46.2 Å². The molecular weight excluding hydrogens is 786 g/mol. The van der Waals surface area contributed by atoms with Gasteiger partial charge >= 0.3 is 41.8 Å². The molecule has 0 radical (unpaired) electrons. The fourth-order valence-electron chi connectivity index (χ4n) is 2.28. The first kappa shape index (κ1) is 60.7. The van der Waals surface area contributed by atoms with E-state index in [9.17, 15) is 33.6 Å². The molecule has 55 heavy (non-hydrogen) atoms. The van der Waals surface area contributed by atoms with Crippen LogP contribution in [-0.4, -0.2) is 112 Å². The van der Waals surface area contributed by atoms with Crippen molar-refractivity contribution in [1.82, 2.24) is 0 Å². The van der Waals surface area contributed by atoms with Crippen molar-refractivity contribution in [3.05, 3.63) is 37.0 Å². The van der Waals surface area contributed by atoms with Crippen molar-refractivity contribution in [3.8, 4) is 0 Å². The van der Waals surface area contributed by atoms with Crippen molar-refractivity contribution in [2.75, 3.05) is 64.6 Å². The maximum Gasteiger partial charge on any atom is 0.333 e. The maximum absolute atomic E-state index is 11.5. The van der Waals surface area contributed by atoms with Gasteiger partial charge in [0.25, 0.3) is 0 Å². The van der Waals surface area contributed by atoms with Gasteiger partial charge in [-0.1, -0.05) is 33.6 Å². The molecule has 0 saturated heterocycles. The standard InChI is InChI=1S/C11H19ClO4.C11H18O4.C9H13ClO4.C6H10O3.H2P/c1-4-11(2,3)10(14)16-8-7-15-9(13)5-6-12;1-5-9(12)14-7-8-15-10(13)11(3,4)6-2;1-7(2)9(12)14-6-5-13-8(11)3-4-10;1-5(2)6(8)9-4-3-7;/h4-8H2,1-3H3;5H,1,6-8H2,2-4H3;1,3-6H2,2H3;7H,1,3-4H2,2H3;1H2/q;;;;-1. The Kier molecular flexibility index (Phi) is 41.3. The third kappa shape index (κ3) is 38.5. The molecule has 0 aromatic heterocycles. The van der Waals surface area contributed by atoms with Crippen molar-refractivity contribution in [3.63, 3.8) is 0 Å². The van der Waals surface area contributed by atoms with Crippen molar-refractivity contribution in [2.24, 2.45) is 10.8 Å². The van der Waals surface area contributed by atoms with E-state index in [1.54, 1.807) is 13.8 Å². The zero-order chi connectivity index (χ0) is 42.8. The molecule has 0 aliphatic rings. The Morgan fingerprint density at radius 3 is 1.18 bits per heavy atom. The number of aliphatic hydroxyl groups is 1. The normalized spacial score (nSPS) is 9.87. The molecule has 0 aliphatic heterocycles. The van der Waals surface area contributed by atoms with Gasteiger partial charge in [-0.3, -0.25) is 19.2 Å². The predicted molar refractivity (Wildman–Crippen MR) is 212 cm³/mol. The van der Waals surface area contributed by atoms with Crippen LogP contribution in [0.1, 0.15) is 81.1 Å². The minimum Gasteiger partial charge on any atom is -0.577 e. The predicted octanol–water partition coefficient (Wildman–Crippen LogP) is 5.53. The van der Waals surface area contributed by atoms with Gasteiger partial charge in [0, 0.05) is 29.0 Å². The number of esters is 7. The topological polar surface area (TPSA) is 204 Å². The molecule has 0 aromatic carbocycles. The highest BCUT2D eigenvalue weighted by molar-refractivity contribution is 6.92. The molecule has 0 rings (SSSR count). The number of alkyl halides is 2. The Hall–Kier alpha value is -3.52. The molecular formula is C37H62Cl2O15P-. The van der Waals surface area contributed by atoms with E-state index in [0.717, 1.165) is 6.08 Å². The number of ether oxygens (including phenoxy) is 7. The number of carbonyl (C=O) groups excluding carboxylic acids is 7. The molecule has 0 heterocycles. The molecule has 0 amide bonds. The summed E-state index contributed by atoms with van der Waals surface area (Å²) in [5.41, 5.74) is -0.302. The average molecular weight is 849 g/mol. The Labute approximate surface area is 339 Å². The van der Waals surface area contributed by atoms with E-state index in [-0.39, 0.29) is 105 Å². The van der Waals surface area contributed by atoms with Gasteiger partial charge in [-0.25, -0.2) is 14.4 Å². The monoisotopic (exact) mass is 847 g/mol. The lowest BCUT2D eigenvalue weighted by molar-refractivity contribution is -0.159. The largest absolute Gasteiger partial charge is 0.577 e. The maximum atomic E-state index is 11.5. The molecule has 0 saturated carbocycles. The molecule has 0 fully saturated rings. The number of carbonyl (C=O) groups is 7. The van der Waals surface area contributed by atoms with Crippen LogP contribution >= 0.6 is 33.1 Å². The van der Waals surface area contributed by atoms with Crippen LogP contribution in [0.5, 0.6) is 0 Å². The number of hydrogen-bond donors (Lipinski definition) is 1. The molecule has 1 N–H and O–H groups in total. The molecule has 0 atom stereocenters. The minimum atomic E-state index is -0.513. The summed E-state index contributed by atoms with van der Waals surface area (Å²) >= 11 is 10.7. The second kappa shape index (κ2) is 37.4. The summed E-state index contributed by atoms with van der Waals surface area (Å²) in [6.07, 6.45) is 2.82. The summed E-state index contributed by atoms with van der Waals surface area (Å²) in [7, 11) is 0. The lowest BCUT2D eigenvalue weighted by Gasteiger charge is -2.20. The molecule has 0 spiro atoms. The van der Waals surface area contributed by atoms with Crippen molar-refractivity contribution >= 4 is 74.9 Å². The highest BCUT2D eigenvalue weighted by atomic mass is 35.5. The van der Waals surface area contributed by atoms with Gasteiger partial charge in [-0.15, -0.1) is 23.2 Å². The number of hydrogen-bond acceptors (Lipinski definition) is 15. The van der Waals surface area contributed by atoms with E-state index in [1.807, 2.05) is 41.5 Å². The third-order valence-corrected chi connectivity index (χ3v) is 6.76. The Morgan fingerprint density at radius 1 is 0.582 bits per heavy atom. The van der Waals surface area contributed by atoms with Crippen LogP contribution in [0, 0.1) is 10.8 Å². The van der Waals surface area contributed by atoms with Gasteiger partial charge in [-0.05, 0) is 54.4 Å². The first-order chi connectivity index (χ1) is 25.1. The van der Waals surface area contributed by atoms with Crippen LogP contribution in [0.25, 0.3) is 0 Å². The number of rotatable bonds is 22. The van der Waals surface area contributed by atoms with Crippen LogP contribution < -0.4 is 0 Å². The van der Waals surface area contributed by atoms with Crippen LogP contribution in [-0.2, 0) is 66.7 Å². The fourth-order valence-corrected chi connectivity index (χ4v) is 2.59. The Balaban J connectivity index is -0.000000204. The van der Waals surface area contributed by atoms with E-state index in [2.05, 4.69) is 38.7 Å². The zero-order valence-electron chi connectivity index (χ0n) is 33.6. The molecule has 15 nitrogen and oxygen atoms in total. The average Bonchev–Trinajstić information content (AvgIpc) is 3.12. The van der Waals surface area contributed by atoms with Crippen LogP contribution in [0.15, 0.2) is 37.0 Å². The molecule has 18 heteroatoms. The zero-order valence-corrected chi connectivity index (χ0v) is 36.3. The second-order valence-electron chi connectivity index (χ2n) is 12.0. The molecule has 0 unspecified atom stereocenters. The van der Waals surface area contributed by atoms with Crippen molar-refractivity contribution in [2.45, 2.75) is 81.1 Å². The lowest BCUT2D eigenvalue weighted by Crippen LogP contribution is -2.27. The van der Waals surface area contributed by atoms with Gasteiger partial charge in [0.15, 0.2) is 0 Å². The first-order valence-electron chi connectivity index (χ1n) is 17.0.